The standard InChI is InChI=1S/C19H23BF2O7/c1-5-11(23)6-10-7-12-15(22)14(21)8-13(16(12)29-20(10)26)17(24)27-9-28-18(25)19(2,3)4/h8,10,26H,5-7,9H2,1-4H3/t10-/m0/s1. The Hall–Kier alpha value is -2.49. The first kappa shape index (κ1) is 22.8. The van der Waals surface area contributed by atoms with E-state index in [1.807, 2.05) is 0 Å². The minimum Gasteiger partial charge on any atom is -0.535 e. The van der Waals surface area contributed by atoms with Gasteiger partial charge in [0.2, 0.25) is 6.79 Å². The van der Waals surface area contributed by atoms with E-state index in [-0.39, 0.29) is 36.4 Å². The van der Waals surface area contributed by atoms with Crippen molar-refractivity contribution >= 4 is 24.8 Å². The first-order valence-corrected chi connectivity index (χ1v) is 9.17. The molecule has 0 aliphatic carbocycles. The third-order valence-corrected chi connectivity index (χ3v) is 4.47. The van der Waals surface area contributed by atoms with E-state index in [9.17, 15) is 28.2 Å². The second-order valence-corrected chi connectivity index (χ2v) is 7.83. The van der Waals surface area contributed by atoms with Gasteiger partial charge in [-0.25, -0.2) is 13.6 Å². The summed E-state index contributed by atoms with van der Waals surface area (Å²) in [6, 6.07) is 0.590. The fraction of sp³-hybridized carbons (Fsp3) is 0.526. The van der Waals surface area contributed by atoms with Crippen LogP contribution in [0.2, 0.25) is 5.82 Å². The summed E-state index contributed by atoms with van der Waals surface area (Å²) in [5, 5.41) is 10.2. The van der Waals surface area contributed by atoms with Crippen LogP contribution >= 0.6 is 0 Å². The van der Waals surface area contributed by atoms with E-state index in [4.69, 9.17) is 14.1 Å². The number of Topliss-reactive ketones (excluding diaryl/α,β-unsaturated/α-hetero) is 1. The van der Waals surface area contributed by atoms with Gasteiger partial charge in [0.1, 0.15) is 17.1 Å². The van der Waals surface area contributed by atoms with Gasteiger partial charge in [0, 0.05) is 24.2 Å². The average Bonchev–Trinajstić information content (AvgIpc) is 2.64. The number of rotatable bonds is 6. The van der Waals surface area contributed by atoms with Crippen molar-refractivity contribution in [2.75, 3.05) is 6.79 Å². The van der Waals surface area contributed by atoms with Gasteiger partial charge in [-0.2, -0.15) is 0 Å². The second-order valence-electron chi connectivity index (χ2n) is 7.83. The van der Waals surface area contributed by atoms with Crippen LogP contribution in [0.1, 0.15) is 56.5 Å². The number of hydrogen-bond acceptors (Lipinski definition) is 7. The molecule has 1 aromatic carbocycles. The molecule has 0 aromatic heterocycles. The molecule has 1 aromatic rings. The number of benzene rings is 1. The number of carbonyl (C=O) groups excluding carboxylic acids is 3. The highest BCUT2D eigenvalue weighted by Gasteiger charge is 2.40. The number of ether oxygens (including phenoxy) is 2. The molecule has 0 saturated heterocycles. The summed E-state index contributed by atoms with van der Waals surface area (Å²) >= 11 is 0. The van der Waals surface area contributed by atoms with E-state index in [0.717, 1.165) is 0 Å². The zero-order valence-electron chi connectivity index (χ0n) is 16.7. The molecule has 0 amide bonds. The summed E-state index contributed by atoms with van der Waals surface area (Å²) in [5.74, 6) is -5.56. The number of fused-ring (bicyclic) bond motifs is 1. The van der Waals surface area contributed by atoms with Crippen molar-refractivity contribution in [3.05, 3.63) is 28.8 Å². The van der Waals surface area contributed by atoms with E-state index < -0.39 is 54.3 Å². The normalized spacial score (nSPS) is 16.0. The summed E-state index contributed by atoms with van der Waals surface area (Å²) < 4.78 is 43.2. The summed E-state index contributed by atoms with van der Waals surface area (Å²) in [7, 11) is -1.48. The predicted octanol–water partition coefficient (Wildman–Crippen LogP) is 2.82. The Balaban J connectivity index is 2.22. The Labute approximate surface area is 167 Å². The topological polar surface area (TPSA) is 99.1 Å². The van der Waals surface area contributed by atoms with Crippen molar-refractivity contribution in [2.45, 2.75) is 52.8 Å². The maximum atomic E-state index is 14.3. The lowest BCUT2D eigenvalue weighted by molar-refractivity contribution is -0.161. The smallest absolute Gasteiger partial charge is 0.526 e. The molecule has 1 heterocycles. The molecule has 0 bridgehead atoms. The molecular formula is C19H23BF2O7. The van der Waals surface area contributed by atoms with E-state index in [0.29, 0.717) is 6.07 Å². The van der Waals surface area contributed by atoms with E-state index in [1.54, 1.807) is 27.7 Å². The maximum absolute atomic E-state index is 14.3. The molecule has 1 aliphatic heterocycles. The van der Waals surface area contributed by atoms with Crippen LogP contribution in [0.25, 0.3) is 0 Å². The van der Waals surface area contributed by atoms with Crippen molar-refractivity contribution in [3.63, 3.8) is 0 Å². The Kier molecular flexibility index (Phi) is 7.00. The molecule has 0 saturated carbocycles. The number of esters is 2. The number of hydrogen-bond donors (Lipinski definition) is 1. The summed E-state index contributed by atoms with van der Waals surface area (Å²) in [6.07, 6.45) is -0.0344. The SMILES string of the molecule is CCC(=O)C[C@H]1Cc2c(F)c(F)cc(C(=O)OCOC(=O)C(C)(C)C)c2OB1O. The molecule has 1 aliphatic rings. The molecule has 29 heavy (non-hydrogen) atoms. The van der Waals surface area contributed by atoms with Crippen molar-refractivity contribution in [2.24, 2.45) is 5.41 Å². The van der Waals surface area contributed by atoms with E-state index >= 15 is 0 Å². The number of halogens is 2. The molecule has 7 nitrogen and oxygen atoms in total. The molecule has 10 heteroatoms. The van der Waals surface area contributed by atoms with Crippen molar-refractivity contribution in [3.8, 4) is 5.75 Å². The lowest BCUT2D eigenvalue weighted by Crippen LogP contribution is -2.36. The van der Waals surface area contributed by atoms with Crippen molar-refractivity contribution in [1.82, 2.24) is 0 Å². The molecule has 2 rings (SSSR count). The molecular weight excluding hydrogens is 389 g/mol. The van der Waals surface area contributed by atoms with Crippen LogP contribution in [-0.4, -0.2) is 36.7 Å². The Bertz CT molecular complexity index is 820. The maximum Gasteiger partial charge on any atom is 0.526 e. The summed E-state index contributed by atoms with van der Waals surface area (Å²) in [4.78, 5) is 35.7. The number of ketones is 1. The highest BCUT2D eigenvalue weighted by atomic mass is 19.2. The Morgan fingerprint density at radius 2 is 1.93 bits per heavy atom. The van der Waals surface area contributed by atoms with Crippen LogP contribution in [0.4, 0.5) is 8.78 Å². The predicted molar refractivity (Wildman–Crippen MR) is 98.2 cm³/mol. The molecule has 1 atom stereocenters. The molecule has 0 unspecified atom stereocenters. The third kappa shape index (κ3) is 5.32. The Morgan fingerprint density at radius 1 is 1.28 bits per heavy atom. The van der Waals surface area contributed by atoms with Gasteiger partial charge in [-0.1, -0.05) is 6.92 Å². The van der Waals surface area contributed by atoms with Gasteiger partial charge in [-0.15, -0.1) is 0 Å². The van der Waals surface area contributed by atoms with Crippen LogP contribution in [0, 0.1) is 17.0 Å². The monoisotopic (exact) mass is 412 g/mol. The van der Waals surface area contributed by atoms with Crippen molar-refractivity contribution in [1.29, 1.82) is 0 Å². The van der Waals surface area contributed by atoms with Crippen LogP contribution in [0.5, 0.6) is 5.75 Å². The Morgan fingerprint density at radius 3 is 2.52 bits per heavy atom. The van der Waals surface area contributed by atoms with Gasteiger partial charge in [-0.3, -0.25) is 9.59 Å². The largest absolute Gasteiger partial charge is 0.535 e. The van der Waals surface area contributed by atoms with Gasteiger partial charge in [0.05, 0.1) is 5.41 Å². The number of carbonyl (C=O) groups is 3. The molecule has 158 valence electrons. The van der Waals surface area contributed by atoms with Gasteiger partial charge in [-0.05, 0) is 33.3 Å². The van der Waals surface area contributed by atoms with Gasteiger partial charge in [0.15, 0.2) is 11.6 Å². The minimum atomic E-state index is -1.48. The quantitative estimate of drug-likeness (QED) is 0.436. The summed E-state index contributed by atoms with van der Waals surface area (Å²) in [5.41, 5.74) is -1.53. The van der Waals surface area contributed by atoms with Crippen LogP contribution < -0.4 is 4.65 Å². The van der Waals surface area contributed by atoms with Gasteiger partial charge >= 0.3 is 19.1 Å². The lowest BCUT2D eigenvalue weighted by atomic mass is 9.64. The molecule has 0 spiro atoms. The highest BCUT2D eigenvalue weighted by Crippen LogP contribution is 2.39. The first-order valence-electron chi connectivity index (χ1n) is 9.17. The fourth-order valence-corrected chi connectivity index (χ4v) is 2.75. The van der Waals surface area contributed by atoms with Gasteiger partial charge in [0.25, 0.3) is 0 Å². The fourth-order valence-electron chi connectivity index (χ4n) is 2.75. The van der Waals surface area contributed by atoms with Crippen molar-refractivity contribution < 1.29 is 42.3 Å². The summed E-state index contributed by atoms with van der Waals surface area (Å²) in [6.45, 7) is 5.75. The molecule has 1 N–H and O–H groups in total. The zero-order chi connectivity index (χ0) is 21.9. The average molecular weight is 412 g/mol. The second kappa shape index (κ2) is 8.90. The highest BCUT2D eigenvalue weighted by molar-refractivity contribution is 6.47. The first-order chi connectivity index (χ1) is 13.5. The molecule has 0 fully saturated rings. The van der Waals surface area contributed by atoms with Crippen LogP contribution in [-0.2, 0) is 25.5 Å². The lowest BCUT2D eigenvalue weighted by Gasteiger charge is -2.28. The van der Waals surface area contributed by atoms with E-state index in [1.165, 1.54) is 0 Å². The van der Waals surface area contributed by atoms with Crippen LogP contribution in [0.3, 0.4) is 0 Å². The van der Waals surface area contributed by atoms with E-state index in [2.05, 4.69) is 0 Å². The van der Waals surface area contributed by atoms with Crippen LogP contribution in [0.15, 0.2) is 6.07 Å². The molecule has 0 radical (unpaired) electrons. The van der Waals surface area contributed by atoms with Gasteiger partial charge < -0.3 is 19.2 Å². The third-order valence-electron chi connectivity index (χ3n) is 4.47. The zero-order valence-corrected chi connectivity index (χ0v) is 16.7. The minimum absolute atomic E-state index is 0.0738.